The molecule has 0 saturated carbocycles. The van der Waals surface area contributed by atoms with Gasteiger partial charge in [-0.05, 0) is 47.0 Å². The van der Waals surface area contributed by atoms with Gasteiger partial charge in [-0.25, -0.2) is 10.1 Å². The van der Waals surface area contributed by atoms with E-state index < -0.39 is 0 Å². The number of aliphatic hydroxyl groups excluding tert-OH is 2. The fourth-order valence-electron chi connectivity index (χ4n) is 5.29. The molecule has 0 amide bonds. The van der Waals surface area contributed by atoms with Gasteiger partial charge in [0.1, 0.15) is 13.1 Å². The average molecular weight is 598 g/mol. The van der Waals surface area contributed by atoms with Crippen molar-refractivity contribution in [3.63, 3.8) is 0 Å². The van der Waals surface area contributed by atoms with Gasteiger partial charge in [0, 0.05) is 24.6 Å². The summed E-state index contributed by atoms with van der Waals surface area (Å²) in [5, 5.41) is 48.3. The minimum Gasteiger partial charge on any atom is -0.439 e. The highest BCUT2D eigenvalue weighted by molar-refractivity contribution is 5.88. The number of nitriles is 3. The average Bonchev–Trinajstić information content (AvgIpc) is 3.41. The summed E-state index contributed by atoms with van der Waals surface area (Å²) in [6.45, 7) is 9.90. The smallest absolute Gasteiger partial charge is 0.270 e. The summed E-state index contributed by atoms with van der Waals surface area (Å²) >= 11 is 0. The maximum atomic E-state index is 10.2. The molecule has 0 radical (unpaired) electrons. The predicted octanol–water partition coefficient (Wildman–Crippen LogP) is 5.39. The minimum absolute atomic E-state index is 0.0177. The zero-order valence-corrected chi connectivity index (χ0v) is 25.0. The Hall–Kier alpha value is -5.68. The number of likely N-dealkylation sites (N-methyl/N-ethyl adjacent to an activating group) is 1. The van der Waals surface area contributed by atoms with Gasteiger partial charge in [-0.2, -0.15) is 10.5 Å². The highest BCUT2D eigenvalue weighted by Gasteiger charge is 2.28. The van der Waals surface area contributed by atoms with Crippen molar-refractivity contribution in [2.45, 2.75) is 6.42 Å². The normalized spacial score (nSPS) is 14.0. The lowest BCUT2D eigenvalue weighted by atomic mass is 9.95. The Balaban J connectivity index is 1.75. The summed E-state index contributed by atoms with van der Waals surface area (Å²) in [5.74, 6) is 1.12. The van der Waals surface area contributed by atoms with E-state index in [-0.39, 0.29) is 30.1 Å². The van der Waals surface area contributed by atoms with Gasteiger partial charge in [-0.1, -0.05) is 48.5 Å². The van der Waals surface area contributed by atoms with Crippen LogP contribution in [0.2, 0.25) is 0 Å². The van der Waals surface area contributed by atoms with E-state index in [1.165, 1.54) is 0 Å². The summed E-state index contributed by atoms with van der Waals surface area (Å²) in [5.41, 5.74) is 3.84. The first-order valence-electron chi connectivity index (χ1n) is 14.4. The van der Waals surface area contributed by atoms with Crippen LogP contribution in [-0.4, -0.2) is 61.1 Å². The fourth-order valence-corrected chi connectivity index (χ4v) is 5.29. The Morgan fingerprint density at radius 2 is 1.64 bits per heavy atom. The maximum Gasteiger partial charge on any atom is 0.270 e. The highest BCUT2D eigenvalue weighted by atomic mass is 16.5. The van der Waals surface area contributed by atoms with Crippen molar-refractivity contribution in [2.24, 2.45) is 0 Å². The molecule has 224 valence electrons. The lowest BCUT2D eigenvalue weighted by molar-refractivity contribution is -0.910. The SMILES string of the molecule is [C-]#[N+]\C(C#N)=C(/C(C#N)=C/C=C1\Oc2ccc(-c3ccccc3)cc2N1CCC[N+](C)(CCO)CCO)c1ccc(C#N)cc1. The largest absolute Gasteiger partial charge is 0.439 e. The van der Waals surface area contributed by atoms with E-state index in [0.29, 0.717) is 59.8 Å². The monoisotopic (exact) mass is 597 g/mol. The third kappa shape index (κ3) is 7.64. The van der Waals surface area contributed by atoms with Crippen LogP contribution >= 0.6 is 0 Å². The van der Waals surface area contributed by atoms with E-state index in [0.717, 1.165) is 16.8 Å². The Bertz CT molecular complexity index is 1760. The van der Waals surface area contributed by atoms with Gasteiger partial charge >= 0.3 is 0 Å². The fraction of sp³-hybridized carbons (Fsp3) is 0.222. The zero-order chi connectivity index (χ0) is 32.2. The molecule has 1 heterocycles. The van der Waals surface area contributed by atoms with Crippen molar-refractivity contribution in [2.75, 3.05) is 51.3 Å². The van der Waals surface area contributed by atoms with Crippen molar-refractivity contribution < 1.29 is 19.4 Å². The first kappa shape index (κ1) is 32.2. The molecule has 1 aliphatic heterocycles. The summed E-state index contributed by atoms with van der Waals surface area (Å²) in [7, 11) is 2.01. The molecular weight excluding hydrogens is 564 g/mol. The van der Waals surface area contributed by atoms with E-state index >= 15 is 0 Å². The summed E-state index contributed by atoms with van der Waals surface area (Å²) in [6, 6.07) is 28.4. The molecule has 0 saturated heterocycles. The van der Waals surface area contributed by atoms with Gasteiger partial charge in [0.2, 0.25) is 5.88 Å². The van der Waals surface area contributed by atoms with Gasteiger partial charge in [-0.15, -0.1) is 0 Å². The van der Waals surface area contributed by atoms with Gasteiger partial charge < -0.3 is 24.3 Å². The van der Waals surface area contributed by atoms with Crippen molar-refractivity contribution >= 4 is 11.3 Å². The molecule has 3 aromatic carbocycles. The number of aliphatic hydroxyl groups is 2. The third-order valence-corrected chi connectivity index (χ3v) is 7.74. The van der Waals surface area contributed by atoms with Crippen molar-refractivity contribution in [1.29, 1.82) is 15.8 Å². The van der Waals surface area contributed by atoms with Crippen molar-refractivity contribution in [3.8, 4) is 35.1 Å². The third-order valence-electron chi connectivity index (χ3n) is 7.74. The molecule has 4 rings (SSSR count). The van der Waals surface area contributed by atoms with E-state index in [9.17, 15) is 26.0 Å². The Labute approximate surface area is 263 Å². The summed E-state index contributed by atoms with van der Waals surface area (Å²) in [4.78, 5) is 5.39. The molecule has 3 aromatic rings. The number of benzene rings is 3. The second kappa shape index (κ2) is 15.2. The topological polar surface area (TPSA) is 129 Å². The van der Waals surface area contributed by atoms with Crippen LogP contribution in [0.15, 0.2) is 102 Å². The van der Waals surface area contributed by atoms with Crippen LogP contribution in [0.25, 0.3) is 21.5 Å². The molecule has 0 fully saturated rings. The molecule has 0 unspecified atom stereocenters. The van der Waals surface area contributed by atoms with E-state index in [1.807, 2.05) is 66.6 Å². The zero-order valence-electron chi connectivity index (χ0n) is 25.0. The van der Waals surface area contributed by atoms with Gasteiger partial charge in [0.25, 0.3) is 5.70 Å². The van der Waals surface area contributed by atoms with Crippen LogP contribution in [0, 0.1) is 40.6 Å². The lowest BCUT2D eigenvalue weighted by Gasteiger charge is -2.34. The molecule has 0 spiro atoms. The number of hydrogen-bond acceptors (Lipinski definition) is 7. The number of hydrogen-bond donors (Lipinski definition) is 2. The summed E-state index contributed by atoms with van der Waals surface area (Å²) in [6.07, 6.45) is 3.92. The van der Waals surface area contributed by atoms with Crippen LogP contribution in [0.1, 0.15) is 17.5 Å². The Morgan fingerprint density at radius 3 is 2.24 bits per heavy atom. The quantitative estimate of drug-likeness (QED) is 0.124. The van der Waals surface area contributed by atoms with Crippen molar-refractivity contribution in [3.05, 3.63) is 125 Å². The predicted molar refractivity (Wildman–Crippen MR) is 171 cm³/mol. The number of anilines is 1. The summed E-state index contributed by atoms with van der Waals surface area (Å²) < 4.78 is 6.80. The van der Waals surface area contributed by atoms with Crippen LogP contribution < -0.4 is 9.64 Å². The first-order valence-corrected chi connectivity index (χ1v) is 14.4. The highest BCUT2D eigenvalue weighted by Crippen LogP contribution is 2.42. The number of nitrogens with zero attached hydrogens (tertiary/aromatic N) is 6. The van der Waals surface area contributed by atoms with Crippen LogP contribution in [0.5, 0.6) is 5.75 Å². The standard InChI is InChI=1S/C36H33N6O3/c1-40-32(26-39)36(29-11-9-27(24-37)10-12-29)31(25-38)14-16-35-41(17-6-18-42(2,19-21-43)20-22-44)33-23-30(13-15-34(33)45-35)28-7-4-3-5-8-28/h3-5,7-16,23,43-44H,6,17-22H2,2H3/q+1/b31-14+,35-16-,36-32-. The van der Waals surface area contributed by atoms with E-state index in [1.54, 1.807) is 36.4 Å². The van der Waals surface area contributed by atoms with Crippen LogP contribution in [-0.2, 0) is 0 Å². The molecule has 2 N–H and O–H groups in total. The van der Waals surface area contributed by atoms with Crippen LogP contribution in [0.3, 0.4) is 0 Å². The number of allylic oxidation sites excluding steroid dienone is 5. The second-order valence-corrected chi connectivity index (χ2v) is 10.7. The van der Waals surface area contributed by atoms with Gasteiger partial charge in [0.05, 0.1) is 68.4 Å². The number of rotatable bonds is 12. The van der Waals surface area contributed by atoms with Crippen LogP contribution in [0.4, 0.5) is 5.69 Å². The Morgan fingerprint density at radius 1 is 0.933 bits per heavy atom. The number of fused-ring (bicyclic) bond motifs is 1. The molecule has 45 heavy (non-hydrogen) atoms. The van der Waals surface area contributed by atoms with Gasteiger partial charge in [-0.3, -0.25) is 0 Å². The Kier molecular flexibility index (Phi) is 10.9. The minimum atomic E-state index is -0.240. The first-order chi connectivity index (χ1) is 21.9. The molecule has 0 bridgehead atoms. The number of quaternary nitrogens is 1. The lowest BCUT2D eigenvalue weighted by Crippen LogP contribution is -2.49. The molecule has 9 nitrogen and oxygen atoms in total. The molecule has 0 aliphatic carbocycles. The molecule has 0 atom stereocenters. The molecule has 0 aromatic heterocycles. The van der Waals surface area contributed by atoms with Gasteiger partial charge in [0.15, 0.2) is 5.75 Å². The van der Waals surface area contributed by atoms with E-state index in [2.05, 4.69) is 17.0 Å². The molecule has 1 aliphatic rings. The molecular formula is C36H33N6O3+. The van der Waals surface area contributed by atoms with Crippen molar-refractivity contribution in [1.82, 2.24) is 0 Å². The van der Waals surface area contributed by atoms with E-state index in [4.69, 9.17) is 11.3 Å². The maximum absolute atomic E-state index is 10.2. The number of ether oxygens (including phenoxy) is 1. The second-order valence-electron chi connectivity index (χ2n) is 10.7. The molecule has 9 heteroatoms.